The highest BCUT2D eigenvalue weighted by atomic mass is 79.9. The van der Waals surface area contributed by atoms with Crippen LogP contribution in [0.25, 0.3) is 12.2 Å². The van der Waals surface area contributed by atoms with Crippen molar-refractivity contribution in [1.82, 2.24) is 0 Å². The maximum Gasteiger partial charge on any atom is 0.331 e. The molecule has 0 saturated carbocycles. The molecule has 0 aliphatic rings. The molecule has 0 unspecified atom stereocenters. The van der Waals surface area contributed by atoms with Gasteiger partial charge in [0.05, 0.1) is 7.11 Å². The van der Waals surface area contributed by atoms with Crippen molar-refractivity contribution in [1.29, 1.82) is 0 Å². The fraction of sp³-hybridized carbons (Fsp3) is 0.321. The molecule has 0 bridgehead atoms. The fourth-order valence-electron chi connectivity index (χ4n) is 1.98. The van der Waals surface area contributed by atoms with E-state index in [2.05, 4.69) is 20.7 Å². The molecule has 194 valence electrons. The minimum absolute atomic E-state index is 0. The molecule has 0 radical (unpaired) electrons. The van der Waals surface area contributed by atoms with Crippen LogP contribution in [0.15, 0.2) is 72.8 Å². The van der Waals surface area contributed by atoms with Crippen LogP contribution >= 0.6 is 15.9 Å². The molecule has 0 heterocycles. The number of aldehydes is 1. The molecule has 0 aromatic heterocycles. The number of methoxy groups -OCH3 is 1. The second kappa shape index (κ2) is 25.6. The third-order valence-corrected chi connectivity index (χ3v) is 4.17. The summed E-state index contributed by atoms with van der Waals surface area (Å²) in [6.45, 7) is 8.00. The number of carbonyl (C=O) groups is 3. The lowest BCUT2D eigenvalue weighted by Gasteiger charge is -2.14. The summed E-state index contributed by atoms with van der Waals surface area (Å²) < 4.78 is 22.3. The Morgan fingerprint density at radius 2 is 1.26 bits per heavy atom. The van der Waals surface area contributed by atoms with Gasteiger partial charge in [0, 0.05) is 17.5 Å². The SMILES string of the molecule is C.CC.CC.COC(=O)/C=C/c1ccccc1.O=C[C@@H](F)[C@@H](CBr)OC(=O)/C=C/c1ccccc1. The van der Waals surface area contributed by atoms with E-state index < -0.39 is 18.2 Å². The van der Waals surface area contributed by atoms with Crippen molar-refractivity contribution in [3.05, 3.63) is 83.9 Å². The van der Waals surface area contributed by atoms with Crippen LogP contribution in [0.3, 0.4) is 0 Å². The average molecular weight is 554 g/mol. The van der Waals surface area contributed by atoms with Crippen LogP contribution in [0, 0.1) is 0 Å². The maximum absolute atomic E-state index is 13.0. The largest absolute Gasteiger partial charge is 0.466 e. The molecule has 0 aliphatic heterocycles. The highest BCUT2D eigenvalue weighted by molar-refractivity contribution is 9.09. The predicted octanol–water partition coefficient (Wildman–Crippen LogP) is 7.10. The molecule has 35 heavy (non-hydrogen) atoms. The number of esters is 2. The van der Waals surface area contributed by atoms with Crippen molar-refractivity contribution in [2.45, 2.75) is 47.4 Å². The van der Waals surface area contributed by atoms with Gasteiger partial charge in [-0.2, -0.15) is 0 Å². The number of carbonyl (C=O) groups excluding carboxylic acids is 3. The van der Waals surface area contributed by atoms with Gasteiger partial charge < -0.3 is 9.47 Å². The van der Waals surface area contributed by atoms with Gasteiger partial charge in [-0.15, -0.1) is 0 Å². The van der Waals surface area contributed by atoms with Gasteiger partial charge in [-0.1, -0.05) is 112 Å². The smallest absolute Gasteiger partial charge is 0.331 e. The number of ether oxygens (including phenoxy) is 2. The minimum atomic E-state index is -1.82. The zero-order valence-electron chi connectivity index (χ0n) is 20.3. The second-order valence-corrected chi connectivity index (χ2v) is 6.37. The van der Waals surface area contributed by atoms with E-state index in [1.807, 2.05) is 88.4 Å². The van der Waals surface area contributed by atoms with Gasteiger partial charge in [-0.05, 0) is 23.3 Å². The van der Waals surface area contributed by atoms with Crippen molar-refractivity contribution in [3.63, 3.8) is 0 Å². The van der Waals surface area contributed by atoms with Gasteiger partial charge in [0.1, 0.15) is 6.10 Å². The van der Waals surface area contributed by atoms with Crippen molar-refractivity contribution in [2.75, 3.05) is 12.4 Å². The topological polar surface area (TPSA) is 69.7 Å². The molecule has 0 saturated heterocycles. The summed E-state index contributed by atoms with van der Waals surface area (Å²) in [5.74, 6) is -1.02. The monoisotopic (exact) mass is 552 g/mol. The number of benzene rings is 2. The number of halogens is 2. The first-order valence-corrected chi connectivity index (χ1v) is 12.0. The minimum Gasteiger partial charge on any atom is -0.466 e. The Kier molecular flexibility index (Phi) is 26.7. The Hall–Kier alpha value is -3.06. The van der Waals surface area contributed by atoms with Gasteiger partial charge in [0.25, 0.3) is 0 Å². The highest BCUT2D eigenvalue weighted by Gasteiger charge is 2.22. The second-order valence-electron chi connectivity index (χ2n) is 5.72. The normalized spacial score (nSPS) is 11.1. The Labute approximate surface area is 218 Å². The molecule has 2 atom stereocenters. The van der Waals surface area contributed by atoms with Crippen LogP contribution in [-0.2, 0) is 23.9 Å². The van der Waals surface area contributed by atoms with Crippen molar-refractivity contribution in [2.24, 2.45) is 0 Å². The lowest BCUT2D eigenvalue weighted by atomic mass is 10.2. The van der Waals surface area contributed by atoms with Crippen LogP contribution in [0.2, 0.25) is 0 Å². The molecular formula is C28H38BrFO5. The van der Waals surface area contributed by atoms with E-state index in [0.717, 1.165) is 11.1 Å². The van der Waals surface area contributed by atoms with E-state index in [4.69, 9.17) is 4.74 Å². The summed E-state index contributed by atoms with van der Waals surface area (Å²) in [4.78, 5) is 32.3. The fourth-order valence-corrected chi connectivity index (χ4v) is 2.47. The van der Waals surface area contributed by atoms with Crippen LogP contribution in [0.5, 0.6) is 0 Å². The van der Waals surface area contributed by atoms with Gasteiger partial charge >= 0.3 is 11.9 Å². The number of rotatable bonds is 8. The molecule has 0 amide bonds. The maximum atomic E-state index is 13.0. The third kappa shape index (κ3) is 19.0. The van der Waals surface area contributed by atoms with E-state index in [0.29, 0.717) is 0 Å². The van der Waals surface area contributed by atoms with Gasteiger partial charge in [-0.25, -0.2) is 14.0 Å². The van der Waals surface area contributed by atoms with Gasteiger partial charge in [-0.3, -0.25) is 4.79 Å². The Balaban J connectivity index is -0.000000525. The summed E-state index contributed by atoms with van der Waals surface area (Å²) in [6.07, 6.45) is 3.06. The number of hydrogen-bond acceptors (Lipinski definition) is 5. The Morgan fingerprint density at radius 3 is 1.60 bits per heavy atom. The van der Waals surface area contributed by atoms with E-state index in [1.165, 1.54) is 19.3 Å². The van der Waals surface area contributed by atoms with Gasteiger partial charge in [0.15, 0.2) is 12.5 Å². The number of hydrogen-bond donors (Lipinski definition) is 0. The van der Waals surface area contributed by atoms with E-state index >= 15 is 0 Å². The predicted molar refractivity (Wildman–Crippen MR) is 147 cm³/mol. The first kappa shape index (κ1) is 36.5. The molecule has 0 N–H and O–H groups in total. The Bertz CT molecular complexity index is 839. The van der Waals surface area contributed by atoms with Gasteiger partial charge in [0.2, 0.25) is 0 Å². The van der Waals surface area contributed by atoms with Crippen LogP contribution in [-0.4, -0.2) is 42.9 Å². The molecule has 0 fully saturated rings. The molecule has 2 rings (SSSR count). The third-order valence-electron chi connectivity index (χ3n) is 3.53. The molecule has 2 aromatic rings. The zero-order valence-corrected chi connectivity index (χ0v) is 21.9. The highest BCUT2D eigenvalue weighted by Crippen LogP contribution is 2.08. The van der Waals surface area contributed by atoms with Crippen LogP contribution in [0.1, 0.15) is 46.2 Å². The van der Waals surface area contributed by atoms with Crippen LogP contribution < -0.4 is 0 Å². The first-order chi connectivity index (χ1) is 16.5. The summed E-state index contributed by atoms with van der Waals surface area (Å²) in [7, 11) is 1.36. The Morgan fingerprint density at radius 1 is 0.857 bits per heavy atom. The zero-order chi connectivity index (χ0) is 26.2. The van der Waals surface area contributed by atoms with Crippen molar-refractivity contribution < 1.29 is 28.2 Å². The summed E-state index contributed by atoms with van der Waals surface area (Å²) in [6, 6.07) is 18.7. The first-order valence-electron chi connectivity index (χ1n) is 10.9. The van der Waals surface area contributed by atoms with Crippen LogP contribution in [0.4, 0.5) is 4.39 Å². The van der Waals surface area contributed by atoms with E-state index in [9.17, 15) is 18.8 Å². The molecule has 0 spiro atoms. The molecular weight excluding hydrogens is 515 g/mol. The van der Waals surface area contributed by atoms with E-state index in [1.54, 1.807) is 12.2 Å². The molecule has 2 aromatic carbocycles. The summed E-state index contributed by atoms with van der Waals surface area (Å²) in [5, 5.41) is 0.0673. The summed E-state index contributed by atoms with van der Waals surface area (Å²) >= 11 is 2.98. The molecule has 5 nitrogen and oxygen atoms in total. The standard InChI is InChI=1S/C13H12BrFO3.C10H10O2.2C2H6.CH4/c14-8-12(11(15)9-16)18-13(17)7-6-10-4-2-1-3-5-10;1-12-10(11)8-7-9-5-3-2-4-6-9;2*1-2;/h1-7,9,11-12H,8H2;2-8H,1H3;2*1-2H3;1H4/b7-6+;8-7+;;;/t11-,12-;;;;/m1..../s1. The lowest BCUT2D eigenvalue weighted by Crippen LogP contribution is -2.30. The van der Waals surface area contributed by atoms with E-state index in [-0.39, 0.29) is 25.0 Å². The molecule has 7 heteroatoms. The van der Waals surface area contributed by atoms with Crippen molar-refractivity contribution in [3.8, 4) is 0 Å². The lowest BCUT2D eigenvalue weighted by molar-refractivity contribution is -0.145. The molecule has 0 aliphatic carbocycles. The quantitative estimate of drug-likeness (QED) is 0.151. The average Bonchev–Trinajstić information content (AvgIpc) is 2.92. The number of alkyl halides is 2. The summed E-state index contributed by atoms with van der Waals surface area (Å²) in [5.41, 5.74) is 1.82. The van der Waals surface area contributed by atoms with Crippen molar-refractivity contribution >= 4 is 46.3 Å².